The molecule has 8 heteroatoms. The van der Waals surface area contributed by atoms with E-state index in [1.807, 2.05) is 30.3 Å². The summed E-state index contributed by atoms with van der Waals surface area (Å²) >= 11 is 0. The van der Waals surface area contributed by atoms with Crippen LogP contribution in [0.25, 0.3) is 0 Å². The Morgan fingerprint density at radius 3 is 2.23 bits per heavy atom. The van der Waals surface area contributed by atoms with Crippen molar-refractivity contribution in [2.24, 2.45) is 0 Å². The molecule has 0 atom stereocenters. The summed E-state index contributed by atoms with van der Waals surface area (Å²) in [6, 6.07) is 12.6. The van der Waals surface area contributed by atoms with Crippen molar-refractivity contribution in [3.05, 3.63) is 65.7 Å². The number of nitrogens with zero attached hydrogens (tertiary/aromatic N) is 1. The van der Waals surface area contributed by atoms with Crippen molar-refractivity contribution >= 4 is 21.6 Å². The highest BCUT2D eigenvalue weighted by molar-refractivity contribution is 7.92. The minimum Gasteiger partial charge on any atom is -0.356 e. The van der Waals surface area contributed by atoms with Crippen LogP contribution in [0.5, 0.6) is 0 Å². The molecule has 1 N–H and O–H groups in total. The Hall–Kier alpha value is -2.48. The molecule has 0 unspecified atom stereocenters. The molecule has 2 aromatic carbocycles. The lowest BCUT2D eigenvalue weighted by atomic mass is 10.1. The van der Waals surface area contributed by atoms with E-state index < -0.39 is 33.3 Å². The van der Waals surface area contributed by atoms with Gasteiger partial charge in [0.1, 0.15) is 5.69 Å². The average molecular weight is 382 g/mol. The summed E-state index contributed by atoms with van der Waals surface area (Å²) in [7, 11) is -3.95. The summed E-state index contributed by atoms with van der Waals surface area (Å²) in [4.78, 5) is 11.9. The van der Waals surface area contributed by atoms with Gasteiger partial charge in [-0.25, -0.2) is 17.2 Å². The lowest BCUT2D eigenvalue weighted by Crippen LogP contribution is -2.36. The first-order chi connectivity index (χ1) is 12.3. The molecule has 0 bridgehead atoms. The van der Waals surface area contributed by atoms with Crippen LogP contribution in [-0.2, 0) is 21.2 Å². The zero-order valence-electron chi connectivity index (χ0n) is 14.3. The number of amides is 1. The van der Waals surface area contributed by atoms with Gasteiger partial charge >= 0.3 is 0 Å². The van der Waals surface area contributed by atoms with E-state index in [1.54, 1.807) is 0 Å². The lowest BCUT2D eigenvalue weighted by Gasteiger charge is -2.23. The van der Waals surface area contributed by atoms with E-state index in [-0.39, 0.29) is 13.0 Å². The maximum absolute atomic E-state index is 13.9. The van der Waals surface area contributed by atoms with Gasteiger partial charge in [-0.3, -0.25) is 9.10 Å². The number of carbonyl (C=O) groups excluding carboxylic acids is 1. The normalized spacial score (nSPS) is 11.2. The van der Waals surface area contributed by atoms with E-state index in [0.29, 0.717) is 17.3 Å². The van der Waals surface area contributed by atoms with E-state index in [0.717, 1.165) is 30.0 Å². The predicted molar refractivity (Wildman–Crippen MR) is 96.3 cm³/mol. The van der Waals surface area contributed by atoms with Gasteiger partial charge in [-0.05, 0) is 24.1 Å². The van der Waals surface area contributed by atoms with Crippen LogP contribution in [0.2, 0.25) is 0 Å². The fourth-order valence-electron chi connectivity index (χ4n) is 2.45. The van der Waals surface area contributed by atoms with Gasteiger partial charge in [0, 0.05) is 19.5 Å². The summed E-state index contributed by atoms with van der Waals surface area (Å²) in [5.41, 5.74) is 0.381. The third-order valence-corrected chi connectivity index (χ3v) is 4.87. The van der Waals surface area contributed by atoms with Gasteiger partial charge < -0.3 is 5.32 Å². The molecule has 5 nitrogen and oxygen atoms in total. The smallest absolute Gasteiger partial charge is 0.232 e. The van der Waals surface area contributed by atoms with Crippen LogP contribution in [0, 0.1) is 11.6 Å². The van der Waals surface area contributed by atoms with Crippen LogP contribution in [0.3, 0.4) is 0 Å². The maximum Gasteiger partial charge on any atom is 0.232 e. The van der Waals surface area contributed by atoms with Gasteiger partial charge in [-0.2, -0.15) is 0 Å². The number of rotatable bonds is 8. The second-order valence-corrected chi connectivity index (χ2v) is 7.65. The van der Waals surface area contributed by atoms with Gasteiger partial charge in [-0.1, -0.05) is 36.4 Å². The highest BCUT2D eigenvalue weighted by Crippen LogP contribution is 2.25. The molecular formula is C18H20F2N2O3S. The Balaban J connectivity index is 1.96. The highest BCUT2D eigenvalue weighted by Gasteiger charge is 2.24. The first-order valence-electron chi connectivity index (χ1n) is 8.01. The molecule has 0 saturated heterocycles. The Bertz CT molecular complexity index is 838. The monoisotopic (exact) mass is 382 g/mol. The van der Waals surface area contributed by atoms with Crippen molar-refractivity contribution < 1.29 is 22.0 Å². The standard InChI is InChI=1S/C18H20F2N2O3S/c1-26(24,25)22(18-15(19)8-5-9-16(18)20)13-11-17(23)21-12-10-14-6-3-2-4-7-14/h2-9H,10-13H2,1H3,(H,21,23). The number of sulfonamides is 1. The molecule has 0 aliphatic heterocycles. The van der Waals surface area contributed by atoms with Crippen LogP contribution in [0.15, 0.2) is 48.5 Å². The quantitative estimate of drug-likeness (QED) is 0.763. The number of carbonyl (C=O) groups is 1. The van der Waals surface area contributed by atoms with Crippen molar-refractivity contribution in [2.45, 2.75) is 12.8 Å². The average Bonchev–Trinajstić information content (AvgIpc) is 2.57. The molecule has 1 amide bonds. The van der Waals surface area contributed by atoms with E-state index in [2.05, 4.69) is 5.32 Å². The zero-order chi connectivity index (χ0) is 19.2. The summed E-state index contributed by atoms with van der Waals surface area (Å²) in [5.74, 6) is -2.40. The fourth-order valence-corrected chi connectivity index (χ4v) is 3.38. The van der Waals surface area contributed by atoms with Crippen LogP contribution >= 0.6 is 0 Å². The maximum atomic E-state index is 13.9. The predicted octanol–water partition coefficient (Wildman–Crippen LogP) is 2.48. The fraction of sp³-hybridized carbons (Fsp3) is 0.278. The number of hydrogen-bond donors (Lipinski definition) is 1. The molecule has 0 saturated carbocycles. The largest absolute Gasteiger partial charge is 0.356 e. The SMILES string of the molecule is CS(=O)(=O)N(CCC(=O)NCCc1ccccc1)c1c(F)cccc1F. The van der Waals surface area contributed by atoms with Crippen LogP contribution in [0.4, 0.5) is 14.5 Å². The number of nitrogens with one attached hydrogen (secondary N) is 1. The first-order valence-corrected chi connectivity index (χ1v) is 9.86. The molecular weight excluding hydrogens is 362 g/mol. The number of anilines is 1. The van der Waals surface area contributed by atoms with E-state index in [9.17, 15) is 22.0 Å². The second-order valence-electron chi connectivity index (χ2n) is 5.74. The molecule has 0 aliphatic carbocycles. The minimum absolute atomic E-state index is 0.213. The van der Waals surface area contributed by atoms with Crippen LogP contribution < -0.4 is 9.62 Å². The van der Waals surface area contributed by atoms with E-state index >= 15 is 0 Å². The van der Waals surface area contributed by atoms with Crippen LogP contribution in [0.1, 0.15) is 12.0 Å². The molecule has 0 spiro atoms. The second kappa shape index (κ2) is 8.75. The Morgan fingerprint density at radius 1 is 1.04 bits per heavy atom. The van der Waals surface area contributed by atoms with Crippen LogP contribution in [-0.4, -0.2) is 33.7 Å². The summed E-state index contributed by atoms with van der Waals surface area (Å²) in [5, 5.41) is 2.67. The molecule has 0 heterocycles. The van der Waals surface area contributed by atoms with Crippen molar-refractivity contribution in [3.63, 3.8) is 0 Å². The Kier molecular flexibility index (Phi) is 6.68. The van der Waals surface area contributed by atoms with Crippen molar-refractivity contribution in [2.75, 3.05) is 23.7 Å². The highest BCUT2D eigenvalue weighted by atomic mass is 32.2. The van der Waals surface area contributed by atoms with Gasteiger partial charge in [0.25, 0.3) is 0 Å². The first kappa shape index (κ1) is 19.8. The van der Waals surface area contributed by atoms with Gasteiger partial charge in [0.15, 0.2) is 11.6 Å². The minimum atomic E-state index is -3.95. The number of para-hydroxylation sites is 1. The van der Waals surface area contributed by atoms with Gasteiger partial charge in [0.2, 0.25) is 15.9 Å². The number of benzene rings is 2. The third kappa shape index (κ3) is 5.52. The lowest BCUT2D eigenvalue weighted by molar-refractivity contribution is -0.120. The molecule has 140 valence electrons. The van der Waals surface area contributed by atoms with E-state index in [4.69, 9.17) is 0 Å². The van der Waals surface area contributed by atoms with Crippen molar-refractivity contribution in [3.8, 4) is 0 Å². The molecule has 26 heavy (non-hydrogen) atoms. The molecule has 2 aromatic rings. The Labute approximate surface area is 151 Å². The number of halogens is 2. The Morgan fingerprint density at radius 2 is 1.65 bits per heavy atom. The topological polar surface area (TPSA) is 66.5 Å². The molecule has 0 radical (unpaired) electrons. The summed E-state index contributed by atoms with van der Waals surface area (Å²) in [6.45, 7) is 0.0314. The molecule has 0 aliphatic rings. The number of hydrogen-bond acceptors (Lipinski definition) is 3. The summed E-state index contributed by atoms with van der Waals surface area (Å²) in [6.07, 6.45) is 1.26. The zero-order valence-corrected chi connectivity index (χ0v) is 15.1. The van der Waals surface area contributed by atoms with Gasteiger partial charge in [-0.15, -0.1) is 0 Å². The van der Waals surface area contributed by atoms with Crippen molar-refractivity contribution in [1.82, 2.24) is 5.32 Å². The van der Waals surface area contributed by atoms with Gasteiger partial charge in [0.05, 0.1) is 6.26 Å². The van der Waals surface area contributed by atoms with E-state index in [1.165, 1.54) is 0 Å². The molecule has 0 fully saturated rings. The molecule has 2 rings (SSSR count). The molecule has 0 aromatic heterocycles. The van der Waals surface area contributed by atoms with Crippen molar-refractivity contribution in [1.29, 1.82) is 0 Å². The third-order valence-electron chi connectivity index (χ3n) is 3.71. The summed E-state index contributed by atoms with van der Waals surface area (Å²) < 4.78 is 52.2.